The highest BCUT2D eigenvalue weighted by Gasteiger charge is 2.66. The molecule has 6 unspecified atom stereocenters. The van der Waals surface area contributed by atoms with Crippen molar-refractivity contribution in [2.75, 3.05) is 0 Å². The molecule has 4 aliphatic rings. The van der Waals surface area contributed by atoms with Crippen molar-refractivity contribution in [2.24, 2.45) is 34.0 Å². The number of carbonyl (C=O) groups excluding carboxylic acids is 3. The summed E-state index contributed by atoms with van der Waals surface area (Å²) >= 11 is 0. The van der Waals surface area contributed by atoms with Gasteiger partial charge in [0, 0.05) is 36.5 Å². The lowest BCUT2D eigenvalue weighted by atomic mass is 9.40. The molecule has 0 aromatic heterocycles. The maximum Gasteiger partial charge on any atom is 0.140 e. The van der Waals surface area contributed by atoms with Gasteiger partial charge in [-0.3, -0.25) is 14.4 Å². The Labute approximate surface area is 138 Å². The molecule has 23 heavy (non-hydrogen) atoms. The summed E-state index contributed by atoms with van der Waals surface area (Å²) in [6, 6.07) is 0. The van der Waals surface area contributed by atoms with Gasteiger partial charge in [0.15, 0.2) is 0 Å². The second kappa shape index (κ2) is 4.55. The van der Waals surface area contributed by atoms with Crippen LogP contribution in [0.4, 0.5) is 0 Å². The normalized spacial score (nSPS) is 52.8. The summed E-state index contributed by atoms with van der Waals surface area (Å²) in [5.74, 6) is 2.22. The summed E-state index contributed by atoms with van der Waals surface area (Å²) in [5.41, 5.74) is -0.718. The van der Waals surface area contributed by atoms with Gasteiger partial charge in [-0.05, 0) is 48.9 Å². The zero-order valence-corrected chi connectivity index (χ0v) is 14.6. The lowest BCUT2D eigenvalue weighted by Crippen LogP contribution is -2.61. The Kier molecular flexibility index (Phi) is 3.07. The minimum atomic E-state index is -0.472. The lowest BCUT2D eigenvalue weighted by molar-refractivity contribution is -0.176. The smallest absolute Gasteiger partial charge is 0.140 e. The summed E-state index contributed by atoms with van der Waals surface area (Å²) in [6.45, 7) is 6.47. The Morgan fingerprint density at radius 1 is 0.870 bits per heavy atom. The largest absolute Gasteiger partial charge is 0.300 e. The van der Waals surface area contributed by atoms with Gasteiger partial charge in [0.1, 0.15) is 17.3 Å². The molecule has 6 atom stereocenters. The molecule has 0 aliphatic heterocycles. The fraction of sp³-hybridized carbons (Fsp3) is 0.850. The Morgan fingerprint density at radius 2 is 1.61 bits per heavy atom. The minimum absolute atomic E-state index is 0.0616. The van der Waals surface area contributed by atoms with Crippen molar-refractivity contribution in [3.63, 3.8) is 0 Å². The molecule has 3 heteroatoms. The number of fused-ring (bicyclic) bond motifs is 5. The van der Waals surface area contributed by atoms with Crippen molar-refractivity contribution < 1.29 is 14.4 Å². The Bertz CT molecular complexity index is 608. The van der Waals surface area contributed by atoms with Gasteiger partial charge in [-0.2, -0.15) is 0 Å². The van der Waals surface area contributed by atoms with E-state index in [1.807, 2.05) is 0 Å². The predicted octanol–water partition coefficient (Wildman–Crippen LogP) is 3.74. The van der Waals surface area contributed by atoms with Crippen molar-refractivity contribution in [2.45, 2.75) is 72.1 Å². The molecule has 4 aliphatic carbocycles. The second-order valence-electron chi connectivity index (χ2n) is 9.39. The lowest BCUT2D eigenvalue weighted by Gasteiger charge is -2.62. The van der Waals surface area contributed by atoms with Crippen LogP contribution >= 0.6 is 0 Å². The van der Waals surface area contributed by atoms with Gasteiger partial charge in [-0.25, -0.2) is 0 Å². The zero-order chi connectivity index (χ0) is 16.6. The van der Waals surface area contributed by atoms with E-state index in [1.165, 1.54) is 0 Å². The van der Waals surface area contributed by atoms with Crippen LogP contribution in [0.3, 0.4) is 0 Å². The van der Waals surface area contributed by atoms with E-state index in [4.69, 9.17) is 0 Å². The molecule has 0 N–H and O–H groups in total. The molecular weight excluding hydrogens is 288 g/mol. The van der Waals surface area contributed by atoms with Crippen molar-refractivity contribution in [1.29, 1.82) is 0 Å². The van der Waals surface area contributed by atoms with Crippen LogP contribution in [0.15, 0.2) is 0 Å². The van der Waals surface area contributed by atoms with Crippen LogP contribution in [0.25, 0.3) is 0 Å². The van der Waals surface area contributed by atoms with E-state index < -0.39 is 5.41 Å². The van der Waals surface area contributed by atoms with Crippen LogP contribution in [-0.2, 0) is 14.4 Å². The van der Waals surface area contributed by atoms with E-state index >= 15 is 0 Å². The standard InChI is InChI=1S/C20H28O3/c1-18-8-7-15-13(14(18)4-5-16(18)22)10-17(23)20(3)11-12(21)6-9-19(15,20)2/h13-15H,4-11H2,1-3H3. The Hall–Kier alpha value is -0.990. The fourth-order valence-corrected chi connectivity index (χ4v) is 6.94. The molecule has 126 valence electrons. The second-order valence-corrected chi connectivity index (χ2v) is 9.39. The number of rotatable bonds is 0. The van der Waals surface area contributed by atoms with Crippen molar-refractivity contribution in [3.8, 4) is 0 Å². The van der Waals surface area contributed by atoms with E-state index in [-0.39, 0.29) is 22.4 Å². The average molecular weight is 316 g/mol. The van der Waals surface area contributed by atoms with Gasteiger partial charge >= 0.3 is 0 Å². The molecule has 0 heterocycles. The third-order valence-corrected chi connectivity index (χ3v) is 8.74. The molecule has 0 saturated heterocycles. The highest BCUT2D eigenvalue weighted by molar-refractivity contribution is 5.94. The predicted molar refractivity (Wildman–Crippen MR) is 86.7 cm³/mol. The van der Waals surface area contributed by atoms with Gasteiger partial charge in [0.2, 0.25) is 0 Å². The molecule has 0 bridgehead atoms. The third kappa shape index (κ3) is 1.74. The monoisotopic (exact) mass is 316 g/mol. The average Bonchev–Trinajstić information content (AvgIpc) is 2.79. The zero-order valence-electron chi connectivity index (χ0n) is 14.6. The highest BCUT2D eigenvalue weighted by atomic mass is 16.1. The van der Waals surface area contributed by atoms with Crippen LogP contribution in [-0.4, -0.2) is 17.3 Å². The molecule has 0 amide bonds. The first kappa shape index (κ1) is 15.5. The summed E-state index contributed by atoms with van der Waals surface area (Å²) in [4.78, 5) is 37.6. The topological polar surface area (TPSA) is 51.2 Å². The summed E-state index contributed by atoms with van der Waals surface area (Å²) in [6.07, 6.45) is 6.21. The molecule has 0 aromatic rings. The van der Waals surface area contributed by atoms with E-state index in [2.05, 4.69) is 20.8 Å². The van der Waals surface area contributed by atoms with Crippen LogP contribution in [0.5, 0.6) is 0 Å². The number of Topliss-reactive ketones (excluding diaryl/α,β-unsaturated/α-hetero) is 3. The summed E-state index contributed by atoms with van der Waals surface area (Å²) in [5, 5.41) is 0. The molecule has 0 aromatic carbocycles. The molecular formula is C20H28O3. The molecule has 0 spiro atoms. The molecule has 4 rings (SSSR count). The first-order chi connectivity index (χ1) is 10.7. The summed E-state index contributed by atoms with van der Waals surface area (Å²) in [7, 11) is 0. The highest BCUT2D eigenvalue weighted by Crippen LogP contribution is 2.67. The third-order valence-electron chi connectivity index (χ3n) is 8.74. The molecule has 3 nitrogen and oxygen atoms in total. The van der Waals surface area contributed by atoms with Crippen LogP contribution in [0.1, 0.15) is 72.1 Å². The van der Waals surface area contributed by atoms with E-state index in [1.54, 1.807) is 0 Å². The minimum Gasteiger partial charge on any atom is -0.300 e. The van der Waals surface area contributed by atoms with E-state index in [0.29, 0.717) is 49.2 Å². The summed E-state index contributed by atoms with van der Waals surface area (Å²) < 4.78 is 0. The molecule has 4 fully saturated rings. The first-order valence-electron chi connectivity index (χ1n) is 9.31. The Balaban J connectivity index is 1.75. The van der Waals surface area contributed by atoms with Gasteiger partial charge in [-0.1, -0.05) is 20.8 Å². The van der Waals surface area contributed by atoms with E-state index in [9.17, 15) is 14.4 Å². The number of carbonyl (C=O) groups is 3. The maximum absolute atomic E-state index is 13.1. The first-order valence-corrected chi connectivity index (χ1v) is 9.31. The van der Waals surface area contributed by atoms with Crippen molar-refractivity contribution >= 4 is 17.3 Å². The van der Waals surface area contributed by atoms with Gasteiger partial charge < -0.3 is 0 Å². The molecule has 4 saturated carbocycles. The fourth-order valence-electron chi connectivity index (χ4n) is 6.94. The molecule has 0 radical (unpaired) electrons. The number of ketones is 3. The number of hydrogen-bond acceptors (Lipinski definition) is 3. The van der Waals surface area contributed by atoms with Gasteiger partial charge in [-0.15, -0.1) is 0 Å². The van der Waals surface area contributed by atoms with Crippen molar-refractivity contribution in [1.82, 2.24) is 0 Å². The quantitative estimate of drug-likeness (QED) is 0.684. The van der Waals surface area contributed by atoms with Crippen LogP contribution < -0.4 is 0 Å². The van der Waals surface area contributed by atoms with E-state index in [0.717, 1.165) is 25.7 Å². The Morgan fingerprint density at radius 3 is 2.35 bits per heavy atom. The SMILES string of the molecule is CC12CCC3C(CC(=O)C4(C)CC(=O)CCC34C)C1CCC2=O. The van der Waals surface area contributed by atoms with Gasteiger partial charge in [0.25, 0.3) is 0 Å². The van der Waals surface area contributed by atoms with Crippen LogP contribution in [0, 0.1) is 34.0 Å². The number of hydrogen-bond donors (Lipinski definition) is 0. The van der Waals surface area contributed by atoms with Crippen molar-refractivity contribution in [3.05, 3.63) is 0 Å². The van der Waals surface area contributed by atoms with Crippen LogP contribution in [0.2, 0.25) is 0 Å². The van der Waals surface area contributed by atoms with Gasteiger partial charge in [0.05, 0.1) is 0 Å². The maximum atomic E-state index is 13.1.